The molecule has 0 bridgehead atoms. The normalized spacial score (nSPS) is 11.7. The number of benzene rings is 1. The van der Waals surface area contributed by atoms with Crippen molar-refractivity contribution >= 4 is 5.71 Å². The highest BCUT2D eigenvalue weighted by molar-refractivity contribution is 6.13. The first kappa shape index (κ1) is 12.0. The summed E-state index contributed by atoms with van der Waals surface area (Å²) in [4.78, 5) is 0. The molecule has 0 saturated heterocycles. The standard InChI is InChI=1S/C14H16N2/c1-3-4-10-13(11(2)15)14(16)12-8-6-5-7-9-12/h3-10,16H,2,15H2,1H3/b4-3-,13-10+,16-14?. The van der Waals surface area contributed by atoms with Gasteiger partial charge < -0.3 is 5.73 Å². The lowest BCUT2D eigenvalue weighted by atomic mass is 10.0. The lowest BCUT2D eigenvalue weighted by molar-refractivity contribution is 1.36. The molecule has 0 heterocycles. The maximum atomic E-state index is 8.05. The lowest BCUT2D eigenvalue weighted by Crippen LogP contribution is -2.10. The predicted molar refractivity (Wildman–Crippen MR) is 69.5 cm³/mol. The first-order valence-corrected chi connectivity index (χ1v) is 5.09. The summed E-state index contributed by atoms with van der Waals surface area (Å²) in [5.41, 5.74) is 7.98. The second kappa shape index (κ2) is 5.71. The van der Waals surface area contributed by atoms with E-state index < -0.39 is 0 Å². The Labute approximate surface area is 96.3 Å². The average molecular weight is 212 g/mol. The smallest absolute Gasteiger partial charge is 0.0704 e. The van der Waals surface area contributed by atoms with Gasteiger partial charge in [0, 0.05) is 16.8 Å². The summed E-state index contributed by atoms with van der Waals surface area (Å²) in [5.74, 6) is 0. The molecule has 2 nitrogen and oxygen atoms in total. The molecule has 0 aliphatic carbocycles. The molecule has 1 aromatic carbocycles. The number of allylic oxidation sites excluding steroid dienone is 4. The van der Waals surface area contributed by atoms with Gasteiger partial charge in [0.2, 0.25) is 0 Å². The Morgan fingerprint density at radius 2 is 1.94 bits per heavy atom. The van der Waals surface area contributed by atoms with E-state index in [1.165, 1.54) is 0 Å². The molecule has 0 radical (unpaired) electrons. The van der Waals surface area contributed by atoms with Crippen LogP contribution in [0.1, 0.15) is 12.5 Å². The molecule has 82 valence electrons. The van der Waals surface area contributed by atoms with E-state index in [4.69, 9.17) is 11.1 Å². The number of rotatable bonds is 4. The molecule has 0 amide bonds. The van der Waals surface area contributed by atoms with Crippen molar-refractivity contribution in [2.24, 2.45) is 5.73 Å². The molecule has 3 N–H and O–H groups in total. The van der Waals surface area contributed by atoms with Crippen LogP contribution in [-0.2, 0) is 0 Å². The van der Waals surface area contributed by atoms with Crippen LogP contribution in [0.15, 0.2) is 66.4 Å². The molecule has 1 aromatic rings. The fourth-order valence-corrected chi connectivity index (χ4v) is 1.30. The Kier molecular flexibility index (Phi) is 4.28. The summed E-state index contributed by atoms with van der Waals surface area (Å²) in [6, 6.07) is 9.49. The molecule has 0 saturated carbocycles. The van der Waals surface area contributed by atoms with E-state index in [1.54, 1.807) is 6.08 Å². The summed E-state index contributed by atoms with van der Waals surface area (Å²) in [6.07, 6.45) is 5.55. The van der Waals surface area contributed by atoms with E-state index in [-0.39, 0.29) is 0 Å². The summed E-state index contributed by atoms with van der Waals surface area (Å²) < 4.78 is 0. The summed E-state index contributed by atoms with van der Waals surface area (Å²) in [6.45, 7) is 5.61. The van der Waals surface area contributed by atoms with E-state index in [0.29, 0.717) is 17.0 Å². The zero-order chi connectivity index (χ0) is 12.0. The fraction of sp³-hybridized carbons (Fsp3) is 0.0714. The van der Waals surface area contributed by atoms with E-state index in [9.17, 15) is 0 Å². The zero-order valence-corrected chi connectivity index (χ0v) is 9.40. The fourth-order valence-electron chi connectivity index (χ4n) is 1.30. The summed E-state index contributed by atoms with van der Waals surface area (Å²) >= 11 is 0. The van der Waals surface area contributed by atoms with Crippen LogP contribution in [0.25, 0.3) is 0 Å². The van der Waals surface area contributed by atoms with Crippen LogP contribution in [-0.4, -0.2) is 5.71 Å². The molecule has 16 heavy (non-hydrogen) atoms. The van der Waals surface area contributed by atoms with E-state index in [0.717, 1.165) is 5.56 Å². The molecule has 0 aliphatic rings. The highest BCUT2D eigenvalue weighted by Crippen LogP contribution is 2.12. The molecule has 0 aliphatic heterocycles. The van der Waals surface area contributed by atoms with Crippen LogP contribution in [0.3, 0.4) is 0 Å². The van der Waals surface area contributed by atoms with Gasteiger partial charge in [-0.15, -0.1) is 0 Å². The van der Waals surface area contributed by atoms with Crippen LogP contribution in [0.4, 0.5) is 0 Å². The number of hydrogen-bond donors (Lipinski definition) is 2. The first-order chi connectivity index (χ1) is 7.66. The molecule has 0 spiro atoms. The first-order valence-electron chi connectivity index (χ1n) is 5.09. The monoisotopic (exact) mass is 212 g/mol. The Bertz CT molecular complexity index is 439. The van der Waals surface area contributed by atoms with Crippen molar-refractivity contribution in [3.8, 4) is 0 Å². The number of hydrogen-bond acceptors (Lipinski definition) is 2. The minimum Gasteiger partial charge on any atom is -0.399 e. The van der Waals surface area contributed by atoms with Gasteiger partial charge in [0.05, 0.1) is 5.71 Å². The topological polar surface area (TPSA) is 49.9 Å². The largest absolute Gasteiger partial charge is 0.399 e. The molecule has 2 heteroatoms. The van der Waals surface area contributed by atoms with Gasteiger partial charge in [0.25, 0.3) is 0 Å². The third-order valence-electron chi connectivity index (χ3n) is 2.13. The van der Waals surface area contributed by atoms with Crippen molar-refractivity contribution in [3.05, 3.63) is 72.0 Å². The highest BCUT2D eigenvalue weighted by atomic mass is 14.6. The van der Waals surface area contributed by atoms with Crippen molar-refractivity contribution in [2.45, 2.75) is 6.92 Å². The Morgan fingerprint density at radius 1 is 1.31 bits per heavy atom. The summed E-state index contributed by atoms with van der Waals surface area (Å²) in [5, 5.41) is 8.05. The van der Waals surface area contributed by atoms with E-state index >= 15 is 0 Å². The Morgan fingerprint density at radius 3 is 2.44 bits per heavy atom. The quantitative estimate of drug-likeness (QED) is 0.585. The highest BCUT2D eigenvalue weighted by Gasteiger charge is 2.07. The van der Waals surface area contributed by atoms with Crippen LogP contribution in [0.5, 0.6) is 0 Å². The SMILES string of the molecule is C=C(N)/C(=C\C=C/C)C(=N)c1ccccc1. The van der Waals surface area contributed by atoms with Gasteiger partial charge in [-0.2, -0.15) is 0 Å². The van der Waals surface area contributed by atoms with Gasteiger partial charge in [-0.3, -0.25) is 5.41 Å². The van der Waals surface area contributed by atoms with E-state index in [1.807, 2.05) is 49.4 Å². The molecule has 0 unspecified atom stereocenters. The van der Waals surface area contributed by atoms with Crippen LogP contribution >= 0.6 is 0 Å². The maximum absolute atomic E-state index is 8.05. The Balaban J connectivity index is 3.07. The van der Waals surface area contributed by atoms with Gasteiger partial charge in [0.1, 0.15) is 0 Å². The molecule has 0 aromatic heterocycles. The van der Waals surface area contributed by atoms with Gasteiger partial charge in [-0.05, 0) is 6.92 Å². The second-order valence-corrected chi connectivity index (χ2v) is 3.37. The molecule has 1 rings (SSSR count). The molecule has 0 fully saturated rings. The van der Waals surface area contributed by atoms with E-state index in [2.05, 4.69) is 6.58 Å². The third kappa shape index (κ3) is 2.95. The minimum atomic E-state index is 0.395. The Hall–Kier alpha value is -2.09. The lowest BCUT2D eigenvalue weighted by Gasteiger charge is -2.08. The van der Waals surface area contributed by atoms with Gasteiger partial charge in [0.15, 0.2) is 0 Å². The van der Waals surface area contributed by atoms with Crippen molar-refractivity contribution in [1.29, 1.82) is 5.41 Å². The van der Waals surface area contributed by atoms with Crippen molar-refractivity contribution in [1.82, 2.24) is 0 Å². The second-order valence-electron chi connectivity index (χ2n) is 3.37. The molecular formula is C14H16N2. The van der Waals surface area contributed by atoms with Crippen molar-refractivity contribution < 1.29 is 0 Å². The molecular weight excluding hydrogens is 196 g/mol. The van der Waals surface area contributed by atoms with Gasteiger partial charge in [-0.25, -0.2) is 0 Å². The maximum Gasteiger partial charge on any atom is 0.0704 e. The van der Waals surface area contributed by atoms with Crippen LogP contribution in [0.2, 0.25) is 0 Å². The predicted octanol–water partition coefficient (Wildman–Crippen LogP) is 3.03. The number of nitrogens with two attached hydrogens (primary N) is 1. The minimum absolute atomic E-state index is 0.395. The van der Waals surface area contributed by atoms with Gasteiger partial charge >= 0.3 is 0 Å². The van der Waals surface area contributed by atoms with Crippen molar-refractivity contribution in [3.63, 3.8) is 0 Å². The number of nitrogens with one attached hydrogen (secondary N) is 1. The van der Waals surface area contributed by atoms with Gasteiger partial charge in [-0.1, -0.05) is 55.1 Å². The molecule has 0 atom stereocenters. The van der Waals surface area contributed by atoms with Crippen LogP contribution < -0.4 is 5.73 Å². The zero-order valence-electron chi connectivity index (χ0n) is 9.40. The van der Waals surface area contributed by atoms with Crippen molar-refractivity contribution in [2.75, 3.05) is 0 Å². The summed E-state index contributed by atoms with van der Waals surface area (Å²) in [7, 11) is 0. The average Bonchev–Trinajstić information content (AvgIpc) is 2.30. The third-order valence-corrected chi connectivity index (χ3v) is 2.13. The van der Waals surface area contributed by atoms with Crippen LogP contribution in [0, 0.1) is 5.41 Å².